The van der Waals surface area contributed by atoms with E-state index in [1.54, 1.807) is 17.0 Å². The molecule has 3 N–H and O–H groups in total. The van der Waals surface area contributed by atoms with Crippen LogP contribution in [-0.4, -0.2) is 87.7 Å². The summed E-state index contributed by atoms with van der Waals surface area (Å²) < 4.78 is 5.76. The molecule has 162 valence electrons. The summed E-state index contributed by atoms with van der Waals surface area (Å²) >= 11 is 6.16. The van der Waals surface area contributed by atoms with Crippen LogP contribution in [0.3, 0.4) is 0 Å². The van der Waals surface area contributed by atoms with Crippen molar-refractivity contribution < 1.29 is 24.9 Å². The topological polar surface area (TPSA) is 93.5 Å². The van der Waals surface area contributed by atoms with Crippen LogP contribution in [0.1, 0.15) is 31.7 Å². The molecule has 0 aliphatic carbocycles. The molecule has 2 fully saturated rings. The number of piperidine rings is 2. The average molecular weight is 427 g/mol. The number of hydrogen-bond acceptors (Lipinski definition) is 6. The largest absolute Gasteiger partial charge is 0.489 e. The lowest BCUT2D eigenvalue weighted by molar-refractivity contribution is -0.152. The predicted octanol–water partition coefficient (Wildman–Crippen LogP) is 1.20. The molecule has 2 aliphatic rings. The van der Waals surface area contributed by atoms with Crippen LogP contribution in [0.5, 0.6) is 5.75 Å². The zero-order valence-electron chi connectivity index (χ0n) is 17.1. The van der Waals surface area contributed by atoms with E-state index in [1.165, 1.54) is 6.92 Å². The van der Waals surface area contributed by atoms with E-state index in [4.69, 9.17) is 16.3 Å². The number of aryl methyl sites for hydroxylation is 1. The number of β-amino-alcohol motifs (C(OH)–C–C–N with tert-alkyl or cyclic N) is 2. The first-order chi connectivity index (χ1) is 13.6. The first-order valence-electron chi connectivity index (χ1n) is 10.1. The Morgan fingerprint density at radius 3 is 2.62 bits per heavy atom. The molecule has 0 unspecified atom stereocenters. The molecule has 2 heterocycles. The third-order valence-corrected chi connectivity index (χ3v) is 6.37. The summed E-state index contributed by atoms with van der Waals surface area (Å²) in [6.45, 7) is 5.58. The molecular weight excluding hydrogens is 396 g/mol. The molecule has 0 aromatic heterocycles. The molecule has 29 heavy (non-hydrogen) atoms. The van der Waals surface area contributed by atoms with Crippen LogP contribution in [0.25, 0.3) is 0 Å². The Kier molecular flexibility index (Phi) is 6.75. The van der Waals surface area contributed by atoms with E-state index in [-0.39, 0.29) is 19.1 Å². The highest BCUT2D eigenvalue weighted by Crippen LogP contribution is 2.30. The van der Waals surface area contributed by atoms with Crippen molar-refractivity contribution in [2.75, 3.05) is 39.3 Å². The average Bonchev–Trinajstić information content (AvgIpc) is 2.66. The lowest BCUT2D eigenvalue weighted by Crippen LogP contribution is -2.62. The number of nitrogens with zero attached hydrogens (tertiary/aromatic N) is 2. The van der Waals surface area contributed by atoms with Crippen LogP contribution in [-0.2, 0) is 4.79 Å². The number of halogens is 1. The number of amides is 1. The summed E-state index contributed by atoms with van der Waals surface area (Å²) in [6.07, 6.45) is 0.465. The Morgan fingerprint density at radius 1 is 1.28 bits per heavy atom. The zero-order valence-corrected chi connectivity index (χ0v) is 17.9. The highest BCUT2D eigenvalue weighted by Gasteiger charge is 2.44. The molecule has 0 spiro atoms. The number of carbonyl (C=O) groups excluding carboxylic acids is 1. The minimum absolute atomic E-state index is 0.0227. The van der Waals surface area contributed by atoms with Crippen molar-refractivity contribution in [3.63, 3.8) is 0 Å². The van der Waals surface area contributed by atoms with Gasteiger partial charge in [-0.25, -0.2) is 0 Å². The third kappa shape index (κ3) is 5.41. The van der Waals surface area contributed by atoms with Crippen molar-refractivity contribution in [2.24, 2.45) is 0 Å². The van der Waals surface area contributed by atoms with Crippen molar-refractivity contribution in [3.8, 4) is 5.75 Å². The maximum absolute atomic E-state index is 11.5. The summed E-state index contributed by atoms with van der Waals surface area (Å²) in [6, 6.07) is 5.41. The molecule has 2 saturated heterocycles. The van der Waals surface area contributed by atoms with Gasteiger partial charge in [0.05, 0.1) is 16.7 Å². The van der Waals surface area contributed by atoms with E-state index in [0.29, 0.717) is 56.2 Å². The van der Waals surface area contributed by atoms with E-state index in [0.717, 1.165) is 5.56 Å². The van der Waals surface area contributed by atoms with Crippen molar-refractivity contribution in [1.82, 2.24) is 9.80 Å². The second-order valence-corrected chi connectivity index (χ2v) is 8.98. The summed E-state index contributed by atoms with van der Waals surface area (Å²) in [5.41, 5.74) is -1.38. The molecular formula is C21H31ClN2O5. The second-order valence-electron chi connectivity index (χ2n) is 8.57. The van der Waals surface area contributed by atoms with Crippen molar-refractivity contribution in [1.29, 1.82) is 0 Å². The number of aliphatic hydroxyl groups excluding tert-OH is 1. The Labute approximate surface area is 176 Å². The molecule has 2 aliphatic heterocycles. The van der Waals surface area contributed by atoms with Gasteiger partial charge in [-0.2, -0.15) is 0 Å². The SMILES string of the molecule is CC(=O)N1CCC(O)(CN2CC[C@H](O)[C@@](O)(COc3cc(C)ccc3Cl)C2)CC1. The molecule has 0 radical (unpaired) electrons. The summed E-state index contributed by atoms with van der Waals surface area (Å²) in [4.78, 5) is 15.2. The number of benzene rings is 1. The second kappa shape index (κ2) is 8.78. The summed E-state index contributed by atoms with van der Waals surface area (Å²) in [5, 5.41) is 32.9. The highest BCUT2D eigenvalue weighted by atomic mass is 35.5. The first-order valence-corrected chi connectivity index (χ1v) is 10.5. The van der Waals surface area contributed by atoms with Gasteiger partial charge in [0, 0.05) is 39.6 Å². The number of likely N-dealkylation sites (tertiary alicyclic amines) is 2. The summed E-state index contributed by atoms with van der Waals surface area (Å²) in [5.74, 6) is 0.495. The lowest BCUT2D eigenvalue weighted by Gasteiger charge is -2.46. The number of rotatable bonds is 5. The Morgan fingerprint density at radius 2 is 1.97 bits per heavy atom. The number of hydrogen-bond donors (Lipinski definition) is 3. The molecule has 2 atom stereocenters. The van der Waals surface area contributed by atoms with Crippen molar-refractivity contribution in [2.45, 2.75) is 50.4 Å². The van der Waals surface area contributed by atoms with E-state index in [2.05, 4.69) is 0 Å². The molecule has 3 rings (SSSR count). The molecule has 7 nitrogen and oxygen atoms in total. The monoisotopic (exact) mass is 426 g/mol. The van der Waals surface area contributed by atoms with Crippen LogP contribution >= 0.6 is 11.6 Å². The van der Waals surface area contributed by atoms with Gasteiger partial charge in [-0.05, 0) is 43.9 Å². The standard InChI is InChI=1S/C21H31ClN2O5/c1-15-3-4-17(22)18(11-15)29-14-21(28)13-23(8-5-19(21)26)12-20(27)6-9-24(10-7-20)16(2)25/h3-4,11,19,26-28H,5-10,12-14H2,1-2H3/t19-,21-/m0/s1. The number of ether oxygens (including phenoxy) is 1. The highest BCUT2D eigenvalue weighted by molar-refractivity contribution is 6.32. The van der Waals surface area contributed by atoms with Gasteiger partial charge < -0.3 is 25.0 Å². The van der Waals surface area contributed by atoms with Crippen LogP contribution in [0.2, 0.25) is 5.02 Å². The molecule has 0 bridgehead atoms. The number of aliphatic hydroxyl groups is 3. The van der Waals surface area contributed by atoms with Crippen molar-refractivity contribution >= 4 is 17.5 Å². The van der Waals surface area contributed by atoms with E-state index >= 15 is 0 Å². The van der Waals surface area contributed by atoms with Gasteiger partial charge in [-0.3, -0.25) is 9.69 Å². The zero-order chi connectivity index (χ0) is 21.2. The maximum Gasteiger partial charge on any atom is 0.219 e. The quantitative estimate of drug-likeness (QED) is 0.655. The predicted molar refractivity (Wildman–Crippen MR) is 110 cm³/mol. The van der Waals surface area contributed by atoms with Gasteiger partial charge in [0.2, 0.25) is 5.91 Å². The van der Waals surface area contributed by atoms with Gasteiger partial charge in [0.1, 0.15) is 18.0 Å². The van der Waals surface area contributed by atoms with Gasteiger partial charge in [0.15, 0.2) is 0 Å². The number of carbonyl (C=O) groups is 1. The first kappa shape index (κ1) is 22.3. The van der Waals surface area contributed by atoms with E-state index < -0.39 is 17.3 Å². The Bertz CT molecular complexity index is 738. The fourth-order valence-corrected chi connectivity index (χ4v) is 4.33. The van der Waals surface area contributed by atoms with Crippen LogP contribution in [0.4, 0.5) is 0 Å². The fourth-order valence-electron chi connectivity index (χ4n) is 4.16. The van der Waals surface area contributed by atoms with Gasteiger partial charge in [-0.1, -0.05) is 17.7 Å². The van der Waals surface area contributed by atoms with Crippen molar-refractivity contribution in [3.05, 3.63) is 28.8 Å². The Balaban J connectivity index is 1.60. The molecule has 0 saturated carbocycles. The van der Waals surface area contributed by atoms with Crippen LogP contribution < -0.4 is 4.74 Å². The minimum Gasteiger partial charge on any atom is -0.489 e. The van der Waals surface area contributed by atoms with Gasteiger partial charge in [0.25, 0.3) is 0 Å². The Hall–Kier alpha value is -1.38. The lowest BCUT2D eigenvalue weighted by atomic mass is 9.86. The van der Waals surface area contributed by atoms with Crippen LogP contribution in [0.15, 0.2) is 18.2 Å². The molecule has 1 aromatic rings. The van der Waals surface area contributed by atoms with Gasteiger partial charge >= 0.3 is 0 Å². The molecule has 1 aromatic carbocycles. The van der Waals surface area contributed by atoms with Gasteiger partial charge in [-0.15, -0.1) is 0 Å². The molecule has 8 heteroatoms. The maximum atomic E-state index is 11.5. The van der Waals surface area contributed by atoms with E-state index in [9.17, 15) is 20.1 Å². The smallest absolute Gasteiger partial charge is 0.219 e. The minimum atomic E-state index is -1.46. The molecule has 1 amide bonds. The fraction of sp³-hybridized carbons (Fsp3) is 0.667. The van der Waals surface area contributed by atoms with E-state index in [1.807, 2.05) is 17.9 Å². The normalized spacial score (nSPS) is 27.7. The van der Waals surface area contributed by atoms with Crippen LogP contribution in [0, 0.1) is 6.92 Å². The third-order valence-electron chi connectivity index (χ3n) is 6.06. The summed E-state index contributed by atoms with van der Waals surface area (Å²) in [7, 11) is 0.